The summed E-state index contributed by atoms with van der Waals surface area (Å²) >= 11 is 0. The van der Waals surface area contributed by atoms with Gasteiger partial charge in [-0.1, -0.05) is 18.1 Å². The molecule has 0 aromatic heterocycles. The lowest BCUT2D eigenvalue weighted by Gasteiger charge is -2.14. The maximum Gasteiger partial charge on any atom is 0.419 e. The van der Waals surface area contributed by atoms with E-state index in [4.69, 9.17) is 16.3 Å². The average Bonchev–Trinajstić information content (AvgIpc) is 2.25. The van der Waals surface area contributed by atoms with E-state index in [1.54, 1.807) is 0 Å². The Labute approximate surface area is 90.7 Å². The molecule has 0 bridgehead atoms. The summed E-state index contributed by atoms with van der Waals surface area (Å²) in [4.78, 5) is 0. The second-order valence-corrected chi connectivity index (χ2v) is 2.99. The summed E-state index contributed by atoms with van der Waals surface area (Å²) in [5.74, 6) is 1.60. The van der Waals surface area contributed by atoms with E-state index in [1.165, 1.54) is 18.2 Å². The Hall–Kier alpha value is -1.67. The molecule has 5 heteroatoms. The summed E-state index contributed by atoms with van der Waals surface area (Å²) in [6.45, 7) is -0.371. The Morgan fingerprint density at radius 3 is 2.56 bits per heavy atom. The van der Waals surface area contributed by atoms with Crippen molar-refractivity contribution in [2.75, 3.05) is 6.61 Å². The lowest BCUT2D eigenvalue weighted by atomic mass is 10.2. The fourth-order valence-electron chi connectivity index (χ4n) is 1.04. The van der Waals surface area contributed by atoms with Crippen molar-refractivity contribution in [3.05, 3.63) is 29.8 Å². The van der Waals surface area contributed by atoms with E-state index in [1.807, 2.05) is 5.92 Å². The van der Waals surface area contributed by atoms with Gasteiger partial charge in [0.25, 0.3) is 0 Å². The molecule has 1 atom stereocenters. The number of alkyl halides is 3. The molecule has 0 spiro atoms. The molecule has 0 radical (unpaired) electrons. The van der Waals surface area contributed by atoms with Gasteiger partial charge in [0.1, 0.15) is 18.5 Å². The van der Waals surface area contributed by atoms with Crippen LogP contribution in [0.25, 0.3) is 0 Å². The lowest BCUT2D eigenvalue weighted by molar-refractivity contribution is -0.139. The quantitative estimate of drug-likeness (QED) is 0.805. The molecule has 0 aliphatic carbocycles. The number of aliphatic hydroxyl groups is 1. The van der Waals surface area contributed by atoms with Gasteiger partial charge in [-0.15, -0.1) is 6.42 Å². The summed E-state index contributed by atoms with van der Waals surface area (Å²) in [5.41, 5.74) is -0.890. The van der Waals surface area contributed by atoms with Crippen molar-refractivity contribution in [2.24, 2.45) is 0 Å². The molecule has 0 amide bonds. The first-order valence-corrected chi connectivity index (χ1v) is 4.38. The number of hydrogen-bond acceptors (Lipinski definition) is 2. The van der Waals surface area contributed by atoms with Crippen molar-refractivity contribution >= 4 is 0 Å². The maximum atomic E-state index is 12.5. The van der Waals surface area contributed by atoms with Crippen LogP contribution in [0.15, 0.2) is 24.3 Å². The van der Waals surface area contributed by atoms with Crippen LogP contribution >= 0.6 is 0 Å². The Kier molecular flexibility index (Phi) is 3.80. The molecule has 1 aromatic carbocycles. The van der Waals surface area contributed by atoms with Crippen LogP contribution in [0.1, 0.15) is 5.56 Å². The molecule has 1 aromatic rings. The van der Waals surface area contributed by atoms with Crippen LogP contribution in [0.2, 0.25) is 0 Å². The third-order valence-electron chi connectivity index (χ3n) is 1.78. The lowest BCUT2D eigenvalue weighted by Crippen LogP contribution is -2.17. The Balaban J connectivity index is 2.85. The molecule has 86 valence electrons. The molecule has 1 N–H and O–H groups in total. The minimum Gasteiger partial charge on any atom is -0.489 e. The summed E-state index contributed by atoms with van der Waals surface area (Å²) in [6.07, 6.45) is -0.852. The van der Waals surface area contributed by atoms with Crippen molar-refractivity contribution in [1.82, 2.24) is 0 Å². The fourth-order valence-corrected chi connectivity index (χ4v) is 1.04. The molecule has 0 aliphatic rings. The molecule has 2 nitrogen and oxygen atoms in total. The van der Waals surface area contributed by atoms with Gasteiger partial charge in [-0.05, 0) is 12.1 Å². The highest BCUT2D eigenvalue weighted by Crippen LogP contribution is 2.35. The molecule has 0 fully saturated rings. The van der Waals surface area contributed by atoms with Crippen molar-refractivity contribution in [3.8, 4) is 18.1 Å². The van der Waals surface area contributed by atoms with Gasteiger partial charge < -0.3 is 9.84 Å². The number of benzene rings is 1. The van der Waals surface area contributed by atoms with E-state index in [0.717, 1.165) is 6.07 Å². The predicted molar refractivity (Wildman–Crippen MR) is 51.8 cm³/mol. The third kappa shape index (κ3) is 3.17. The molecular formula is C11H9F3O2. The van der Waals surface area contributed by atoms with Crippen LogP contribution < -0.4 is 4.74 Å². The highest BCUT2D eigenvalue weighted by atomic mass is 19.4. The second kappa shape index (κ2) is 4.90. The van der Waals surface area contributed by atoms with Gasteiger partial charge in [-0.2, -0.15) is 13.2 Å². The van der Waals surface area contributed by atoms with Crippen molar-refractivity contribution in [2.45, 2.75) is 12.3 Å². The first kappa shape index (κ1) is 12.4. The molecule has 0 heterocycles. The Morgan fingerprint density at radius 2 is 2.00 bits per heavy atom. The van der Waals surface area contributed by atoms with Gasteiger partial charge in [0.15, 0.2) is 0 Å². The van der Waals surface area contributed by atoms with Crippen LogP contribution in [-0.2, 0) is 6.18 Å². The topological polar surface area (TPSA) is 29.5 Å². The standard InChI is InChI=1S/C11H9F3O2/c1-2-8(15)7-16-10-6-4-3-5-9(10)11(12,13)14/h1,3-6,8,15H,7H2/t8-/m1/s1. The van der Waals surface area contributed by atoms with Crippen molar-refractivity contribution in [1.29, 1.82) is 0 Å². The normalized spacial score (nSPS) is 12.9. The monoisotopic (exact) mass is 230 g/mol. The van der Waals surface area contributed by atoms with E-state index < -0.39 is 17.8 Å². The molecule has 0 unspecified atom stereocenters. The predicted octanol–water partition coefficient (Wildman–Crippen LogP) is 2.08. The van der Waals surface area contributed by atoms with Crippen LogP contribution in [0.3, 0.4) is 0 Å². The molecule has 0 aliphatic heterocycles. The third-order valence-corrected chi connectivity index (χ3v) is 1.78. The van der Waals surface area contributed by atoms with Crippen molar-refractivity contribution < 1.29 is 23.0 Å². The summed E-state index contributed by atoms with van der Waals surface area (Å²) < 4.78 is 42.2. The number of hydrogen-bond donors (Lipinski definition) is 1. The first-order chi connectivity index (χ1) is 7.45. The number of para-hydroxylation sites is 1. The average molecular weight is 230 g/mol. The molecule has 0 saturated carbocycles. The van der Waals surface area contributed by atoms with Gasteiger partial charge in [-0.25, -0.2) is 0 Å². The van der Waals surface area contributed by atoms with Crippen LogP contribution in [0.4, 0.5) is 13.2 Å². The number of ether oxygens (including phenoxy) is 1. The van der Waals surface area contributed by atoms with E-state index >= 15 is 0 Å². The van der Waals surface area contributed by atoms with E-state index in [9.17, 15) is 13.2 Å². The number of terminal acetylenes is 1. The molecule has 1 rings (SSSR count). The highest BCUT2D eigenvalue weighted by molar-refractivity contribution is 5.35. The van der Waals surface area contributed by atoms with Crippen LogP contribution in [0.5, 0.6) is 5.75 Å². The van der Waals surface area contributed by atoms with E-state index in [2.05, 4.69) is 0 Å². The minimum absolute atomic E-state index is 0.343. The van der Waals surface area contributed by atoms with Gasteiger partial charge in [0, 0.05) is 0 Å². The van der Waals surface area contributed by atoms with Gasteiger partial charge in [0.2, 0.25) is 0 Å². The molecular weight excluding hydrogens is 221 g/mol. The van der Waals surface area contributed by atoms with Gasteiger partial charge in [-0.3, -0.25) is 0 Å². The number of rotatable bonds is 3. The van der Waals surface area contributed by atoms with Gasteiger partial charge >= 0.3 is 6.18 Å². The van der Waals surface area contributed by atoms with E-state index in [0.29, 0.717) is 0 Å². The molecule has 0 saturated heterocycles. The summed E-state index contributed by atoms with van der Waals surface area (Å²) in [6, 6.07) is 4.74. The molecule has 16 heavy (non-hydrogen) atoms. The zero-order valence-corrected chi connectivity index (χ0v) is 8.16. The smallest absolute Gasteiger partial charge is 0.419 e. The number of aliphatic hydroxyl groups excluding tert-OH is 1. The zero-order chi connectivity index (χ0) is 12.2. The maximum absolute atomic E-state index is 12.5. The number of halogens is 3. The second-order valence-electron chi connectivity index (χ2n) is 2.99. The Bertz CT molecular complexity index is 393. The highest BCUT2D eigenvalue weighted by Gasteiger charge is 2.34. The minimum atomic E-state index is -4.49. The van der Waals surface area contributed by atoms with E-state index in [-0.39, 0.29) is 12.4 Å². The SMILES string of the molecule is C#C[C@@H](O)COc1ccccc1C(F)(F)F. The van der Waals surface area contributed by atoms with Crippen LogP contribution in [-0.4, -0.2) is 17.8 Å². The fraction of sp³-hybridized carbons (Fsp3) is 0.273. The zero-order valence-electron chi connectivity index (χ0n) is 8.16. The Morgan fingerprint density at radius 1 is 1.38 bits per heavy atom. The largest absolute Gasteiger partial charge is 0.489 e. The van der Waals surface area contributed by atoms with Gasteiger partial charge in [0.05, 0.1) is 5.56 Å². The summed E-state index contributed by atoms with van der Waals surface area (Å²) in [7, 11) is 0. The van der Waals surface area contributed by atoms with Crippen molar-refractivity contribution in [3.63, 3.8) is 0 Å². The summed E-state index contributed by atoms with van der Waals surface area (Å²) in [5, 5.41) is 8.97. The van der Waals surface area contributed by atoms with Crippen LogP contribution in [0, 0.1) is 12.3 Å². The first-order valence-electron chi connectivity index (χ1n) is 4.38.